The van der Waals surface area contributed by atoms with Gasteiger partial charge in [-0.15, -0.1) is 6.42 Å². The molecule has 0 aliphatic rings. The van der Waals surface area contributed by atoms with Crippen molar-refractivity contribution in [2.75, 3.05) is 11.4 Å². The van der Waals surface area contributed by atoms with E-state index in [2.05, 4.69) is 21.2 Å². The largest absolute Gasteiger partial charge is 0.479 e. The van der Waals surface area contributed by atoms with Gasteiger partial charge in [0.25, 0.3) is 17.2 Å². The number of aryl methyl sites for hydroxylation is 1. The first-order valence-electron chi connectivity index (χ1n) is 11.7. The Morgan fingerprint density at radius 1 is 1.18 bits per heavy atom. The van der Waals surface area contributed by atoms with Gasteiger partial charge in [0.05, 0.1) is 22.4 Å². The summed E-state index contributed by atoms with van der Waals surface area (Å²) in [6.45, 7) is 2.34. The van der Waals surface area contributed by atoms with E-state index in [4.69, 9.17) is 6.42 Å². The lowest BCUT2D eigenvalue weighted by atomic mass is 10.1. The number of carboxylic acids is 1. The zero-order valence-corrected chi connectivity index (χ0v) is 20.7. The van der Waals surface area contributed by atoms with E-state index < -0.39 is 22.8 Å². The number of nitro groups is 1. The topological polar surface area (TPSA) is 159 Å². The number of carbonyl (C=O) groups excluding carboxylic acids is 1. The zero-order chi connectivity index (χ0) is 28.1. The van der Waals surface area contributed by atoms with Gasteiger partial charge >= 0.3 is 5.97 Å². The minimum absolute atomic E-state index is 0.0708. The van der Waals surface area contributed by atoms with Crippen molar-refractivity contribution in [1.82, 2.24) is 15.3 Å². The SMILES string of the molecule is C#CCN(Cc1ccc2nc(C)[nH]c(=O)c2c1)c1ccc(C(=O)N[C@H](C(=O)O)c2cccc([N+](=O)[O-])c2)cc1. The van der Waals surface area contributed by atoms with Crippen LogP contribution in [0.25, 0.3) is 10.9 Å². The van der Waals surface area contributed by atoms with Gasteiger partial charge in [0.1, 0.15) is 5.82 Å². The van der Waals surface area contributed by atoms with E-state index in [-0.39, 0.29) is 28.9 Å². The first-order chi connectivity index (χ1) is 18.7. The van der Waals surface area contributed by atoms with E-state index in [1.165, 1.54) is 30.3 Å². The van der Waals surface area contributed by atoms with Crippen LogP contribution in [0.2, 0.25) is 0 Å². The molecule has 3 N–H and O–H groups in total. The lowest BCUT2D eigenvalue weighted by Gasteiger charge is -2.23. The van der Waals surface area contributed by atoms with E-state index in [0.29, 0.717) is 29.0 Å². The van der Waals surface area contributed by atoms with Gasteiger partial charge in [-0.2, -0.15) is 0 Å². The number of H-pyrrole nitrogens is 1. The summed E-state index contributed by atoms with van der Waals surface area (Å²) in [6, 6.07) is 15.4. The number of hydrogen-bond donors (Lipinski definition) is 3. The molecule has 11 nitrogen and oxygen atoms in total. The second kappa shape index (κ2) is 11.3. The Hall–Kier alpha value is -5.50. The molecule has 0 radical (unpaired) electrons. The van der Waals surface area contributed by atoms with Crippen LogP contribution in [0.5, 0.6) is 0 Å². The van der Waals surface area contributed by atoms with Gasteiger partial charge in [-0.05, 0) is 54.4 Å². The van der Waals surface area contributed by atoms with Gasteiger partial charge in [0.2, 0.25) is 0 Å². The summed E-state index contributed by atoms with van der Waals surface area (Å²) in [6.07, 6.45) is 5.58. The fourth-order valence-electron chi connectivity index (χ4n) is 4.11. The highest BCUT2D eigenvalue weighted by Crippen LogP contribution is 2.22. The van der Waals surface area contributed by atoms with E-state index in [9.17, 15) is 29.6 Å². The maximum Gasteiger partial charge on any atom is 0.330 e. The third-order valence-electron chi connectivity index (χ3n) is 5.98. The second-order valence-corrected chi connectivity index (χ2v) is 8.71. The molecule has 3 aromatic carbocycles. The monoisotopic (exact) mass is 525 g/mol. The molecule has 0 fully saturated rings. The maximum absolute atomic E-state index is 12.8. The van der Waals surface area contributed by atoms with Gasteiger partial charge < -0.3 is 20.3 Å². The molecule has 0 saturated carbocycles. The fourth-order valence-corrected chi connectivity index (χ4v) is 4.11. The Morgan fingerprint density at radius 2 is 1.92 bits per heavy atom. The number of aromatic amines is 1. The van der Waals surface area contributed by atoms with Crippen molar-refractivity contribution < 1.29 is 19.6 Å². The zero-order valence-electron chi connectivity index (χ0n) is 20.7. The molecular formula is C28H23N5O6. The summed E-state index contributed by atoms with van der Waals surface area (Å²) in [5.41, 5.74) is 1.86. The molecule has 1 atom stereocenters. The van der Waals surface area contributed by atoms with Gasteiger partial charge in [0, 0.05) is 29.9 Å². The number of carboxylic acid groups (broad SMARTS) is 1. The molecule has 0 aliphatic carbocycles. The van der Waals surface area contributed by atoms with Crippen molar-refractivity contribution in [2.24, 2.45) is 0 Å². The summed E-state index contributed by atoms with van der Waals surface area (Å²) in [5.74, 6) is 1.10. The molecule has 1 aromatic heterocycles. The van der Waals surface area contributed by atoms with Crippen molar-refractivity contribution in [1.29, 1.82) is 0 Å². The van der Waals surface area contributed by atoms with Crippen molar-refractivity contribution in [2.45, 2.75) is 19.5 Å². The first-order valence-corrected chi connectivity index (χ1v) is 11.7. The number of fused-ring (bicyclic) bond motifs is 1. The summed E-state index contributed by atoms with van der Waals surface area (Å²) in [7, 11) is 0. The molecule has 0 saturated heterocycles. The van der Waals surface area contributed by atoms with E-state index in [0.717, 1.165) is 11.6 Å². The van der Waals surface area contributed by atoms with E-state index in [1.54, 1.807) is 31.2 Å². The van der Waals surface area contributed by atoms with E-state index in [1.807, 2.05) is 11.0 Å². The molecule has 4 rings (SSSR count). The van der Waals surface area contributed by atoms with Crippen LogP contribution in [0.1, 0.15) is 33.4 Å². The van der Waals surface area contributed by atoms with Crippen LogP contribution >= 0.6 is 0 Å². The highest BCUT2D eigenvalue weighted by atomic mass is 16.6. The Labute approximate surface area is 222 Å². The third kappa shape index (κ3) is 6.08. The minimum atomic E-state index is -1.48. The smallest absolute Gasteiger partial charge is 0.330 e. The van der Waals surface area contributed by atoms with Crippen molar-refractivity contribution in [3.63, 3.8) is 0 Å². The molecule has 0 bridgehead atoms. The van der Waals surface area contributed by atoms with Gasteiger partial charge in [0.15, 0.2) is 6.04 Å². The Balaban J connectivity index is 1.53. The van der Waals surface area contributed by atoms with E-state index >= 15 is 0 Å². The number of amides is 1. The van der Waals surface area contributed by atoms with Crippen molar-refractivity contribution in [3.8, 4) is 12.3 Å². The molecule has 4 aromatic rings. The number of benzene rings is 3. The summed E-state index contributed by atoms with van der Waals surface area (Å²) >= 11 is 0. The Morgan fingerprint density at radius 3 is 2.59 bits per heavy atom. The average Bonchev–Trinajstić information content (AvgIpc) is 2.91. The third-order valence-corrected chi connectivity index (χ3v) is 5.98. The molecule has 0 unspecified atom stereocenters. The number of nitrogens with zero attached hydrogens (tertiary/aromatic N) is 3. The standard InChI is InChI=1S/C28H23N5O6/c1-3-13-32(16-18-7-12-24-23(14-18)27(35)30-17(2)29-24)21-10-8-19(9-11-21)26(34)31-25(28(36)37)20-5-4-6-22(15-20)33(38)39/h1,4-12,14-15,25H,13,16H2,2H3,(H,31,34)(H,36,37)(H,29,30,35)/t25-/m0/s1. The lowest BCUT2D eigenvalue weighted by Crippen LogP contribution is -2.33. The lowest BCUT2D eigenvalue weighted by molar-refractivity contribution is -0.384. The van der Waals surface area contributed by atoms with Crippen LogP contribution in [-0.2, 0) is 11.3 Å². The molecule has 39 heavy (non-hydrogen) atoms. The van der Waals surface area contributed by atoms with Gasteiger partial charge in [-0.1, -0.05) is 24.1 Å². The van der Waals surface area contributed by atoms with Crippen LogP contribution in [0, 0.1) is 29.4 Å². The predicted molar refractivity (Wildman–Crippen MR) is 144 cm³/mol. The fraction of sp³-hybridized carbons (Fsp3) is 0.143. The second-order valence-electron chi connectivity index (χ2n) is 8.71. The number of terminal acetylenes is 1. The van der Waals surface area contributed by atoms with Crippen LogP contribution < -0.4 is 15.8 Å². The van der Waals surface area contributed by atoms with Crippen LogP contribution in [-0.4, -0.2) is 38.4 Å². The normalized spacial score (nSPS) is 11.4. The highest BCUT2D eigenvalue weighted by molar-refractivity contribution is 5.97. The Kier molecular flexibility index (Phi) is 7.67. The predicted octanol–water partition coefficient (Wildman–Crippen LogP) is 3.34. The summed E-state index contributed by atoms with van der Waals surface area (Å²) in [4.78, 5) is 56.3. The van der Waals surface area contributed by atoms with Crippen LogP contribution in [0.15, 0.2) is 71.5 Å². The maximum atomic E-state index is 12.8. The number of anilines is 1. The number of nitro benzene ring substituents is 1. The van der Waals surface area contributed by atoms with Crippen LogP contribution in [0.3, 0.4) is 0 Å². The minimum Gasteiger partial charge on any atom is -0.479 e. The number of aromatic nitrogens is 2. The number of non-ortho nitro benzene ring substituents is 1. The molecule has 0 aliphatic heterocycles. The molecule has 1 amide bonds. The number of rotatable bonds is 9. The number of nitrogens with one attached hydrogen (secondary N) is 2. The number of hydrogen-bond acceptors (Lipinski definition) is 7. The van der Waals surface area contributed by atoms with Crippen molar-refractivity contribution in [3.05, 3.63) is 110 Å². The molecule has 0 spiro atoms. The molecule has 196 valence electrons. The summed E-state index contributed by atoms with van der Waals surface area (Å²) in [5, 5.41) is 23.6. The molecule has 1 heterocycles. The molecular weight excluding hydrogens is 502 g/mol. The first kappa shape index (κ1) is 26.6. The Bertz CT molecular complexity index is 1670. The van der Waals surface area contributed by atoms with Gasteiger partial charge in [-0.3, -0.25) is 19.7 Å². The number of carbonyl (C=O) groups is 2. The van der Waals surface area contributed by atoms with Gasteiger partial charge in [-0.25, -0.2) is 9.78 Å². The highest BCUT2D eigenvalue weighted by Gasteiger charge is 2.24. The average molecular weight is 526 g/mol. The summed E-state index contributed by atoms with van der Waals surface area (Å²) < 4.78 is 0. The quantitative estimate of drug-likeness (QED) is 0.170. The number of aliphatic carboxylic acids is 1. The van der Waals surface area contributed by atoms with Crippen molar-refractivity contribution >= 4 is 34.2 Å². The molecule has 11 heteroatoms. The van der Waals surface area contributed by atoms with Crippen LogP contribution in [0.4, 0.5) is 11.4 Å².